The van der Waals surface area contributed by atoms with Crippen LogP contribution in [0.4, 0.5) is 0 Å². The molecule has 2 heteroatoms. The largest absolute Gasteiger partial charge is 0.466 e. The predicted molar refractivity (Wildman–Crippen MR) is 78.2 cm³/mol. The first-order chi connectivity index (χ1) is 8.93. The monoisotopic (exact) mass is 261 g/mol. The van der Waals surface area contributed by atoms with Gasteiger partial charge in [-0.1, -0.05) is 20.8 Å². The molecule has 1 N–H and O–H groups in total. The van der Waals surface area contributed by atoms with E-state index in [4.69, 9.17) is 4.42 Å². The fourth-order valence-corrected chi connectivity index (χ4v) is 3.98. The molecule has 0 radical (unpaired) electrons. The molecule has 1 heterocycles. The minimum atomic E-state index is 0.346. The van der Waals surface area contributed by atoms with Gasteiger partial charge >= 0.3 is 0 Å². The lowest BCUT2D eigenvalue weighted by Gasteiger charge is -2.36. The van der Waals surface area contributed by atoms with E-state index in [1.165, 1.54) is 37.0 Å². The highest BCUT2D eigenvalue weighted by atomic mass is 16.3. The highest BCUT2D eigenvalue weighted by molar-refractivity contribution is 5.29. The van der Waals surface area contributed by atoms with Crippen LogP contribution in [-0.2, 0) is 6.42 Å². The molecule has 1 aromatic rings. The van der Waals surface area contributed by atoms with Gasteiger partial charge in [0.15, 0.2) is 0 Å². The topological polar surface area (TPSA) is 25.2 Å². The fraction of sp³-hybridized carbons (Fsp3) is 0.765. The number of furan rings is 1. The Bertz CT molecular complexity index is 460. The molecule has 3 atom stereocenters. The Morgan fingerprint density at radius 1 is 1.32 bits per heavy atom. The van der Waals surface area contributed by atoms with Gasteiger partial charge in [0, 0.05) is 24.1 Å². The zero-order chi connectivity index (χ0) is 13.6. The lowest BCUT2D eigenvalue weighted by Crippen LogP contribution is -2.37. The van der Waals surface area contributed by atoms with Gasteiger partial charge in [-0.15, -0.1) is 0 Å². The van der Waals surface area contributed by atoms with Crippen molar-refractivity contribution < 1.29 is 4.42 Å². The second-order valence-corrected chi connectivity index (χ2v) is 7.62. The van der Waals surface area contributed by atoms with Gasteiger partial charge in [-0.25, -0.2) is 0 Å². The molecular formula is C17H27NO. The van der Waals surface area contributed by atoms with E-state index >= 15 is 0 Å². The van der Waals surface area contributed by atoms with E-state index in [1.54, 1.807) is 0 Å². The quantitative estimate of drug-likeness (QED) is 0.854. The molecule has 0 bridgehead atoms. The third kappa shape index (κ3) is 2.74. The molecule has 0 aliphatic heterocycles. The first-order valence-electron chi connectivity index (χ1n) is 7.78. The third-order valence-electron chi connectivity index (χ3n) is 4.87. The van der Waals surface area contributed by atoms with Crippen molar-refractivity contribution in [2.45, 2.75) is 71.9 Å². The molecule has 1 fully saturated rings. The summed E-state index contributed by atoms with van der Waals surface area (Å²) < 4.78 is 5.92. The summed E-state index contributed by atoms with van der Waals surface area (Å²) in [5.41, 5.74) is 1.77. The maximum Gasteiger partial charge on any atom is 0.109 e. The van der Waals surface area contributed by atoms with E-state index in [0.717, 1.165) is 18.1 Å². The van der Waals surface area contributed by atoms with Crippen LogP contribution in [0.1, 0.15) is 69.6 Å². The van der Waals surface area contributed by atoms with E-state index in [2.05, 4.69) is 39.1 Å². The standard InChI is InChI=1S/C17H27NO/c1-11-5-6-13(7-11)18-15-9-17(3,4)10-16-14(15)8-12(2)19-16/h8,11,13,15,18H,5-7,9-10H2,1-4H3. The van der Waals surface area contributed by atoms with Gasteiger partial charge in [0.05, 0.1) is 0 Å². The Hall–Kier alpha value is -0.760. The first-order valence-corrected chi connectivity index (χ1v) is 7.78. The van der Waals surface area contributed by atoms with Crippen LogP contribution >= 0.6 is 0 Å². The van der Waals surface area contributed by atoms with Gasteiger partial charge in [0.2, 0.25) is 0 Å². The molecular weight excluding hydrogens is 234 g/mol. The molecule has 106 valence electrons. The Balaban J connectivity index is 1.80. The molecule has 2 nitrogen and oxygen atoms in total. The summed E-state index contributed by atoms with van der Waals surface area (Å²) in [5.74, 6) is 3.17. The Morgan fingerprint density at radius 2 is 2.11 bits per heavy atom. The maximum atomic E-state index is 5.92. The van der Waals surface area contributed by atoms with Crippen LogP contribution in [0.3, 0.4) is 0 Å². The summed E-state index contributed by atoms with van der Waals surface area (Å²) in [5, 5.41) is 3.91. The summed E-state index contributed by atoms with van der Waals surface area (Å²) in [6.45, 7) is 9.17. The molecule has 0 amide bonds. The minimum absolute atomic E-state index is 0.346. The number of rotatable bonds is 2. The number of aryl methyl sites for hydroxylation is 1. The van der Waals surface area contributed by atoms with Gasteiger partial charge in [-0.3, -0.25) is 0 Å². The van der Waals surface area contributed by atoms with Crippen LogP contribution in [0.25, 0.3) is 0 Å². The smallest absolute Gasteiger partial charge is 0.109 e. The molecule has 2 aliphatic carbocycles. The highest BCUT2D eigenvalue weighted by Gasteiger charge is 2.36. The predicted octanol–water partition coefficient (Wildman–Crippen LogP) is 4.38. The average Bonchev–Trinajstić information content (AvgIpc) is 2.83. The summed E-state index contributed by atoms with van der Waals surface area (Å²) in [7, 11) is 0. The van der Waals surface area contributed by atoms with Crippen LogP contribution in [-0.4, -0.2) is 6.04 Å². The third-order valence-corrected chi connectivity index (χ3v) is 4.87. The van der Waals surface area contributed by atoms with Crippen molar-refractivity contribution in [3.8, 4) is 0 Å². The minimum Gasteiger partial charge on any atom is -0.466 e. The number of hydrogen-bond acceptors (Lipinski definition) is 2. The van der Waals surface area contributed by atoms with Crippen LogP contribution in [0.2, 0.25) is 0 Å². The number of hydrogen-bond donors (Lipinski definition) is 1. The maximum absolute atomic E-state index is 5.92. The van der Waals surface area contributed by atoms with Crippen molar-refractivity contribution in [2.75, 3.05) is 0 Å². The van der Waals surface area contributed by atoms with Crippen molar-refractivity contribution in [3.63, 3.8) is 0 Å². The zero-order valence-electron chi connectivity index (χ0n) is 12.8. The van der Waals surface area contributed by atoms with Crippen molar-refractivity contribution in [1.82, 2.24) is 5.32 Å². The molecule has 1 saturated carbocycles. The molecule has 0 aromatic carbocycles. The highest BCUT2D eigenvalue weighted by Crippen LogP contribution is 2.43. The summed E-state index contributed by atoms with van der Waals surface area (Å²) >= 11 is 0. The average molecular weight is 261 g/mol. The van der Waals surface area contributed by atoms with E-state index in [-0.39, 0.29) is 0 Å². The van der Waals surface area contributed by atoms with E-state index < -0.39 is 0 Å². The molecule has 2 aliphatic rings. The van der Waals surface area contributed by atoms with Gasteiger partial charge in [-0.05, 0) is 50.0 Å². The Kier molecular flexibility index (Phi) is 3.24. The van der Waals surface area contributed by atoms with Crippen molar-refractivity contribution in [1.29, 1.82) is 0 Å². The number of fused-ring (bicyclic) bond motifs is 1. The van der Waals surface area contributed by atoms with E-state index in [0.29, 0.717) is 17.5 Å². The summed E-state index contributed by atoms with van der Waals surface area (Å²) in [6, 6.07) is 3.45. The molecule has 19 heavy (non-hydrogen) atoms. The number of nitrogens with one attached hydrogen (secondary N) is 1. The van der Waals surface area contributed by atoms with Crippen LogP contribution in [0, 0.1) is 18.3 Å². The summed E-state index contributed by atoms with van der Waals surface area (Å²) in [4.78, 5) is 0. The van der Waals surface area contributed by atoms with E-state index in [1.807, 2.05) is 0 Å². The summed E-state index contributed by atoms with van der Waals surface area (Å²) in [6.07, 6.45) is 6.36. The molecule has 0 saturated heterocycles. The lowest BCUT2D eigenvalue weighted by atomic mass is 9.74. The van der Waals surface area contributed by atoms with Gasteiger partial charge in [0.25, 0.3) is 0 Å². The Morgan fingerprint density at radius 3 is 2.79 bits per heavy atom. The Labute approximate surface area is 117 Å². The van der Waals surface area contributed by atoms with Gasteiger partial charge in [0.1, 0.15) is 11.5 Å². The lowest BCUT2D eigenvalue weighted by molar-refractivity contribution is 0.224. The van der Waals surface area contributed by atoms with Crippen molar-refractivity contribution in [2.24, 2.45) is 11.3 Å². The molecule has 3 rings (SSSR count). The first kappa shape index (κ1) is 13.2. The van der Waals surface area contributed by atoms with Crippen LogP contribution in [0.15, 0.2) is 10.5 Å². The van der Waals surface area contributed by atoms with Crippen molar-refractivity contribution in [3.05, 3.63) is 23.2 Å². The second-order valence-electron chi connectivity index (χ2n) is 7.62. The molecule has 0 spiro atoms. The zero-order valence-corrected chi connectivity index (χ0v) is 12.8. The second kappa shape index (κ2) is 4.66. The molecule has 1 aromatic heterocycles. The normalized spacial score (nSPS) is 33.4. The van der Waals surface area contributed by atoms with Crippen LogP contribution in [0.5, 0.6) is 0 Å². The SMILES string of the molecule is Cc1cc2c(o1)CC(C)(C)CC2NC1CCC(C)C1. The van der Waals surface area contributed by atoms with Crippen LogP contribution < -0.4 is 5.32 Å². The van der Waals surface area contributed by atoms with Gasteiger partial charge < -0.3 is 9.73 Å². The molecule has 3 unspecified atom stereocenters. The van der Waals surface area contributed by atoms with Crippen molar-refractivity contribution >= 4 is 0 Å². The fourth-order valence-electron chi connectivity index (χ4n) is 3.98. The van der Waals surface area contributed by atoms with E-state index in [9.17, 15) is 0 Å². The van der Waals surface area contributed by atoms with Gasteiger partial charge in [-0.2, -0.15) is 0 Å².